The number of amides is 1. The van der Waals surface area contributed by atoms with Crippen LogP contribution < -0.4 is 4.74 Å². The molecule has 13 heteroatoms. The van der Waals surface area contributed by atoms with Crippen molar-refractivity contribution in [3.05, 3.63) is 83.1 Å². The topological polar surface area (TPSA) is 117 Å². The van der Waals surface area contributed by atoms with Crippen molar-refractivity contribution in [1.82, 2.24) is 29.5 Å². The van der Waals surface area contributed by atoms with Gasteiger partial charge in [0.1, 0.15) is 35.4 Å². The van der Waals surface area contributed by atoms with Crippen LogP contribution in [0.25, 0.3) is 43.9 Å². The number of carbonyl (C=O) groups excluding carboxylic acids is 1. The zero-order chi connectivity index (χ0) is 34.4. The lowest BCUT2D eigenvalue weighted by molar-refractivity contribution is -0.129. The number of pyridine rings is 2. The van der Waals surface area contributed by atoms with Crippen molar-refractivity contribution in [2.24, 2.45) is 0 Å². The van der Waals surface area contributed by atoms with E-state index in [0.29, 0.717) is 47.0 Å². The molecule has 10 nitrogen and oxygen atoms in total. The van der Waals surface area contributed by atoms with Gasteiger partial charge >= 0.3 is 0 Å². The van der Waals surface area contributed by atoms with Gasteiger partial charge < -0.3 is 19.8 Å². The number of ether oxygens (including phenoxy) is 1. The van der Waals surface area contributed by atoms with Gasteiger partial charge in [0.05, 0.1) is 42.2 Å². The minimum Gasteiger partial charge on any atom is -0.490 e. The van der Waals surface area contributed by atoms with E-state index in [1.807, 2.05) is 36.0 Å². The minimum atomic E-state index is -0.841. The predicted octanol–water partition coefficient (Wildman–Crippen LogP) is 5.54. The van der Waals surface area contributed by atoms with Crippen LogP contribution in [-0.2, 0) is 17.8 Å². The fourth-order valence-electron chi connectivity index (χ4n) is 6.94. The maximum Gasteiger partial charge on any atom is 0.246 e. The molecule has 0 aliphatic carbocycles. The predicted molar refractivity (Wildman–Crippen MR) is 183 cm³/mol. The summed E-state index contributed by atoms with van der Waals surface area (Å²) in [6, 6.07) is 7.28. The molecule has 1 aromatic carbocycles. The van der Waals surface area contributed by atoms with Crippen LogP contribution in [0.4, 0.5) is 8.78 Å². The maximum absolute atomic E-state index is 16.1. The number of hydrogen-bond donors (Lipinski definition) is 2. The molecule has 5 aromatic rings. The summed E-state index contributed by atoms with van der Waals surface area (Å²) < 4.78 is 39.0. The number of halogens is 2. The number of nitrogens with zero attached hydrogens (tertiary/aromatic N) is 6. The third-order valence-corrected chi connectivity index (χ3v) is 10.2. The maximum atomic E-state index is 16.1. The Balaban J connectivity index is 1.48. The number of thiophene rings is 1. The molecule has 4 aromatic heterocycles. The van der Waals surface area contributed by atoms with Crippen molar-refractivity contribution >= 4 is 27.3 Å². The van der Waals surface area contributed by atoms with Gasteiger partial charge in [0.2, 0.25) is 5.91 Å². The molecule has 49 heavy (non-hydrogen) atoms. The second-order valence-electron chi connectivity index (χ2n) is 12.4. The van der Waals surface area contributed by atoms with Gasteiger partial charge in [-0.2, -0.15) is 5.10 Å². The van der Waals surface area contributed by atoms with E-state index < -0.39 is 11.6 Å². The van der Waals surface area contributed by atoms with Crippen molar-refractivity contribution in [3.8, 4) is 39.5 Å². The van der Waals surface area contributed by atoms with Crippen LogP contribution in [0.1, 0.15) is 42.9 Å². The average Bonchev–Trinajstić information content (AvgIpc) is 3.77. The fraction of sp³-hybridized carbons (Fsp3) is 0.333. The van der Waals surface area contributed by atoms with Gasteiger partial charge in [-0.25, -0.2) is 13.8 Å². The molecule has 2 aliphatic rings. The van der Waals surface area contributed by atoms with Crippen LogP contribution in [-0.4, -0.2) is 85.1 Å². The van der Waals surface area contributed by atoms with E-state index in [1.165, 1.54) is 17.4 Å². The van der Waals surface area contributed by atoms with Crippen molar-refractivity contribution < 1.29 is 28.5 Å². The summed E-state index contributed by atoms with van der Waals surface area (Å²) >= 11 is 1.39. The Morgan fingerprint density at radius 1 is 1.14 bits per heavy atom. The van der Waals surface area contributed by atoms with E-state index in [2.05, 4.69) is 17.5 Å². The fourth-order valence-corrected chi connectivity index (χ4v) is 7.89. The number of aliphatic hydroxyl groups excluding tert-OH is 2. The van der Waals surface area contributed by atoms with Crippen LogP contribution in [0.3, 0.4) is 0 Å². The molecule has 254 valence electrons. The number of rotatable bonds is 9. The number of fused-ring (bicyclic) bond motifs is 3. The van der Waals surface area contributed by atoms with Gasteiger partial charge in [-0.3, -0.25) is 19.4 Å². The number of hydrogen-bond acceptors (Lipinski definition) is 9. The third kappa shape index (κ3) is 5.90. The minimum absolute atomic E-state index is 0.00934. The van der Waals surface area contributed by atoms with Crippen LogP contribution in [0, 0.1) is 11.6 Å². The smallest absolute Gasteiger partial charge is 0.246 e. The molecule has 1 amide bonds. The van der Waals surface area contributed by atoms with E-state index in [-0.39, 0.29) is 49.1 Å². The van der Waals surface area contributed by atoms with Gasteiger partial charge in [-0.15, -0.1) is 11.3 Å². The number of carbonyl (C=O) groups is 1. The Morgan fingerprint density at radius 3 is 2.76 bits per heavy atom. The average molecular weight is 687 g/mol. The highest BCUT2D eigenvalue weighted by Gasteiger charge is 2.34. The Morgan fingerprint density at radius 2 is 1.98 bits per heavy atom. The van der Waals surface area contributed by atoms with Gasteiger partial charge in [0.15, 0.2) is 0 Å². The van der Waals surface area contributed by atoms with E-state index in [0.717, 1.165) is 53.0 Å². The van der Waals surface area contributed by atoms with Gasteiger partial charge in [-0.1, -0.05) is 6.58 Å². The molecule has 7 rings (SSSR count). The largest absolute Gasteiger partial charge is 0.490 e. The summed E-state index contributed by atoms with van der Waals surface area (Å²) in [5, 5.41) is 26.7. The van der Waals surface area contributed by atoms with Gasteiger partial charge in [0.25, 0.3) is 0 Å². The van der Waals surface area contributed by atoms with E-state index in [9.17, 15) is 19.4 Å². The van der Waals surface area contributed by atoms with Gasteiger partial charge in [0, 0.05) is 77.8 Å². The number of benzene rings is 1. The summed E-state index contributed by atoms with van der Waals surface area (Å²) in [7, 11) is 0. The lowest BCUT2D eigenvalue weighted by Crippen LogP contribution is -2.42. The Hall–Kier alpha value is -4.56. The second-order valence-corrected chi connectivity index (χ2v) is 13.3. The molecule has 0 fully saturated rings. The molecule has 0 radical (unpaired) electrons. The van der Waals surface area contributed by atoms with E-state index in [1.54, 1.807) is 11.1 Å². The number of aromatic nitrogens is 4. The molecule has 0 spiro atoms. The number of β-amino-alcohol motifs (C(OH)–C–C–N with tert-alkyl or cyclic N) is 1. The molecule has 0 saturated heterocycles. The summed E-state index contributed by atoms with van der Waals surface area (Å²) in [6.07, 6.45) is 3.87. The normalized spacial score (nSPS) is 17.6. The summed E-state index contributed by atoms with van der Waals surface area (Å²) in [5.74, 6) is -1.91. The third-order valence-electron chi connectivity index (χ3n) is 9.27. The molecule has 6 heterocycles. The van der Waals surface area contributed by atoms with E-state index >= 15 is 4.39 Å². The summed E-state index contributed by atoms with van der Waals surface area (Å²) in [6.45, 7) is 9.56. The van der Waals surface area contributed by atoms with Crippen molar-refractivity contribution in [3.63, 3.8) is 0 Å². The highest BCUT2D eigenvalue weighted by molar-refractivity contribution is 7.18. The van der Waals surface area contributed by atoms with Crippen LogP contribution >= 0.6 is 11.3 Å². The van der Waals surface area contributed by atoms with Crippen molar-refractivity contribution in [1.29, 1.82) is 0 Å². The first-order valence-corrected chi connectivity index (χ1v) is 17.1. The highest BCUT2D eigenvalue weighted by atomic mass is 32.1. The Bertz CT molecular complexity index is 2080. The SMILES string of the molecule is C=CC(=O)N1CC(C)n2nc(-c3nc(-c4cnc5c(c4)CN(CCO)CC5)c4ccsc4c3-c3c(F)cc(F)cc3OCCO)cc2C1C. The number of aliphatic hydroxyl groups is 2. The first-order chi connectivity index (χ1) is 23.7. The van der Waals surface area contributed by atoms with Crippen molar-refractivity contribution in [2.75, 3.05) is 39.5 Å². The van der Waals surface area contributed by atoms with Crippen LogP contribution in [0.5, 0.6) is 5.75 Å². The lowest BCUT2D eigenvalue weighted by atomic mass is 9.95. The molecule has 0 bridgehead atoms. The van der Waals surface area contributed by atoms with Crippen LogP contribution in [0.15, 0.2) is 54.6 Å². The second kappa shape index (κ2) is 13.4. The molecular weight excluding hydrogens is 650 g/mol. The monoisotopic (exact) mass is 686 g/mol. The van der Waals surface area contributed by atoms with Crippen molar-refractivity contribution in [2.45, 2.75) is 38.9 Å². The first kappa shape index (κ1) is 33.0. The Kier molecular flexibility index (Phi) is 9.01. The lowest BCUT2D eigenvalue weighted by Gasteiger charge is -2.36. The molecule has 2 unspecified atom stereocenters. The van der Waals surface area contributed by atoms with Gasteiger partial charge in [-0.05, 0) is 49.1 Å². The molecule has 2 N–H and O–H groups in total. The zero-order valence-electron chi connectivity index (χ0n) is 27.2. The molecule has 2 aliphatic heterocycles. The van der Waals surface area contributed by atoms with E-state index in [4.69, 9.17) is 19.8 Å². The summed E-state index contributed by atoms with van der Waals surface area (Å²) in [5.41, 5.74) is 5.41. The molecule has 2 atom stereocenters. The highest BCUT2D eigenvalue weighted by Crippen LogP contribution is 2.48. The van der Waals surface area contributed by atoms with Crippen LogP contribution in [0.2, 0.25) is 0 Å². The summed E-state index contributed by atoms with van der Waals surface area (Å²) in [4.78, 5) is 26.7. The first-order valence-electron chi connectivity index (χ1n) is 16.2. The molecule has 0 saturated carbocycles. The zero-order valence-corrected chi connectivity index (χ0v) is 28.0. The molecular formula is C36H36F2N6O4S. The quantitative estimate of drug-likeness (QED) is 0.194. The standard InChI is InChI=1S/C36H36F2N6O4S/c1-4-31(47)43-18-20(2)44-29(21(43)3)16-28(41-44)35-33(32-26(38)14-24(37)15-30(32)48-11-10-46)36-25(6-12-49-36)34(40-35)22-13-23-19-42(8-9-45)7-5-27(23)39-17-22/h4,6,12-17,20-21,45-46H,1,5,7-11,18-19H2,2-3H3. The Labute approximate surface area is 285 Å².